The van der Waals surface area contributed by atoms with Crippen LogP contribution in [-0.4, -0.2) is 35.5 Å². The van der Waals surface area contributed by atoms with Crippen LogP contribution in [-0.2, 0) is 6.54 Å². The van der Waals surface area contributed by atoms with Crippen molar-refractivity contribution < 1.29 is 4.79 Å². The van der Waals surface area contributed by atoms with Crippen LogP contribution < -0.4 is 20.9 Å². The van der Waals surface area contributed by atoms with Gasteiger partial charge in [0.05, 0.1) is 5.56 Å². The molecule has 1 amide bonds. The van der Waals surface area contributed by atoms with Crippen LogP contribution in [0.3, 0.4) is 0 Å². The number of aromatic nitrogens is 2. The molecule has 2 aromatic heterocycles. The molecule has 0 spiro atoms. The van der Waals surface area contributed by atoms with Gasteiger partial charge in [-0.3, -0.25) is 4.79 Å². The van der Waals surface area contributed by atoms with Crippen LogP contribution in [0.15, 0.2) is 54.9 Å². The lowest BCUT2D eigenvalue weighted by Crippen LogP contribution is -2.19. The van der Waals surface area contributed by atoms with Gasteiger partial charge in [0.1, 0.15) is 11.6 Å². The second kappa shape index (κ2) is 11.7. The zero-order chi connectivity index (χ0) is 24.6. The van der Waals surface area contributed by atoms with E-state index in [1.165, 1.54) is 18.4 Å². The first-order valence-electron chi connectivity index (χ1n) is 12.8. The maximum Gasteiger partial charge on any atom is 0.259 e. The molecular weight excluding hydrogens is 436 g/mol. The van der Waals surface area contributed by atoms with Gasteiger partial charge in [-0.25, -0.2) is 9.97 Å². The second-order valence-corrected chi connectivity index (χ2v) is 8.84. The van der Waals surface area contributed by atoms with Crippen LogP contribution in [0, 0.1) is 0 Å². The topological polar surface area (TPSA) is 82.2 Å². The highest BCUT2D eigenvalue weighted by Gasteiger charge is 2.18. The molecule has 4 heterocycles. The number of anilines is 4. The Hall–Kier alpha value is -3.61. The van der Waals surface area contributed by atoms with E-state index in [-0.39, 0.29) is 5.91 Å². The molecular formula is C28H36N6O. The Bertz CT molecular complexity index is 1140. The van der Waals surface area contributed by atoms with Crippen molar-refractivity contribution in [3.63, 3.8) is 0 Å². The number of carbonyl (C=O) groups excluding carboxylic acids is 1. The maximum absolute atomic E-state index is 13.1. The summed E-state index contributed by atoms with van der Waals surface area (Å²) in [5.74, 6) is 1.93. The van der Waals surface area contributed by atoms with Crippen molar-refractivity contribution in [3.05, 3.63) is 71.5 Å². The second-order valence-electron chi connectivity index (χ2n) is 8.84. The highest BCUT2D eigenvalue weighted by molar-refractivity contribution is 6.07. The van der Waals surface area contributed by atoms with E-state index >= 15 is 0 Å². The first-order chi connectivity index (χ1) is 17.2. The Kier molecular flexibility index (Phi) is 8.19. The Morgan fingerprint density at radius 2 is 1.91 bits per heavy atom. The van der Waals surface area contributed by atoms with Gasteiger partial charge in [-0.1, -0.05) is 26.8 Å². The molecule has 1 unspecified atom stereocenters. The molecule has 0 saturated carbocycles. The fraction of sp³-hybridized carbons (Fsp3) is 0.393. The highest BCUT2D eigenvalue weighted by Crippen LogP contribution is 2.33. The summed E-state index contributed by atoms with van der Waals surface area (Å²) in [6, 6.07) is 13.8. The summed E-state index contributed by atoms with van der Waals surface area (Å²) < 4.78 is 0. The van der Waals surface area contributed by atoms with Crippen molar-refractivity contribution in [2.75, 3.05) is 40.5 Å². The molecule has 0 aliphatic carbocycles. The van der Waals surface area contributed by atoms with Crippen LogP contribution >= 0.6 is 0 Å². The van der Waals surface area contributed by atoms with Crippen LogP contribution in [0.2, 0.25) is 0 Å². The summed E-state index contributed by atoms with van der Waals surface area (Å²) in [5.41, 5.74) is 4.81. The Morgan fingerprint density at radius 1 is 1.09 bits per heavy atom. The van der Waals surface area contributed by atoms with E-state index < -0.39 is 0 Å². The molecule has 3 N–H and O–H groups in total. The average molecular weight is 473 g/mol. The number of amides is 1. The summed E-state index contributed by atoms with van der Waals surface area (Å²) in [6.45, 7) is 9.89. The minimum atomic E-state index is -0.179. The molecule has 184 valence electrons. The third-order valence-corrected chi connectivity index (χ3v) is 6.49. The van der Waals surface area contributed by atoms with Crippen molar-refractivity contribution in [1.29, 1.82) is 0 Å². The van der Waals surface area contributed by atoms with Crippen molar-refractivity contribution in [3.8, 4) is 0 Å². The third kappa shape index (κ3) is 5.91. The number of rotatable bonds is 6. The average Bonchev–Trinajstić information content (AvgIpc) is 3.44. The molecule has 0 bridgehead atoms. The van der Waals surface area contributed by atoms with Gasteiger partial charge in [0, 0.05) is 49.9 Å². The van der Waals surface area contributed by atoms with Gasteiger partial charge in [0.25, 0.3) is 5.91 Å². The van der Waals surface area contributed by atoms with Gasteiger partial charge in [-0.2, -0.15) is 0 Å². The van der Waals surface area contributed by atoms with Gasteiger partial charge in [-0.05, 0) is 72.7 Å². The smallest absolute Gasteiger partial charge is 0.259 e. The highest BCUT2D eigenvalue weighted by atomic mass is 16.1. The standard InChI is InChI=1S/C26H30N6O.C2H6/c1-18-8-11-27-23-16-20(6-7-21(18)23)31-26(33)22-5-4-10-29-25(22)30-17-19-9-12-28-24(15-19)32-13-2-3-14-32;1-2/h4-7,9-10,12,15-16,18,27H,2-3,8,11,13-14,17H2,1H3,(H,29,30)(H,31,33);1-2H3. The van der Waals surface area contributed by atoms with Crippen LogP contribution in [0.4, 0.5) is 23.0 Å². The minimum Gasteiger partial charge on any atom is -0.385 e. The predicted octanol–water partition coefficient (Wildman–Crippen LogP) is 5.89. The number of carbonyl (C=O) groups is 1. The first kappa shape index (κ1) is 24.5. The van der Waals surface area contributed by atoms with Crippen molar-refractivity contribution in [2.45, 2.75) is 52.5 Å². The molecule has 2 aliphatic rings. The Balaban J connectivity index is 0.00000141. The molecule has 7 heteroatoms. The van der Waals surface area contributed by atoms with Crippen molar-refractivity contribution in [2.24, 2.45) is 0 Å². The summed E-state index contributed by atoms with van der Waals surface area (Å²) in [4.78, 5) is 24.3. The lowest BCUT2D eigenvalue weighted by molar-refractivity contribution is 0.102. The number of nitrogens with one attached hydrogen (secondary N) is 3. The molecule has 3 aromatic rings. The normalized spacial score (nSPS) is 16.4. The van der Waals surface area contributed by atoms with Gasteiger partial charge in [0.2, 0.25) is 0 Å². The number of hydrogen-bond acceptors (Lipinski definition) is 6. The maximum atomic E-state index is 13.1. The van der Waals surface area contributed by atoms with Crippen LogP contribution in [0.1, 0.15) is 67.4 Å². The number of nitrogens with zero attached hydrogens (tertiary/aromatic N) is 3. The summed E-state index contributed by atoms with van der Waals surface area (Å²) in [6.07, 6.45) is 7.11. The number of pyridine rings is 2. The van der Waals surface area contributed by atoms with E-state index in [1.54, 1.807) is 18.3 Å². The fourth-order valence-electron chi connectivity index (χ4n) is 4.60. The summed E-state index contributed by atoms with van der Waals surface area (Å²) in [7, 11) is 0. The van der Waals surface area contributed by atoms with Gasteiger partial charge >= 0.3 is 0 Å². The number of fused-ring (bicyclic) bond motifs is 1. The molecule has 1 saturated heterocycles. The largest absolute Gasteiger partial charge is 0.385 e. The molecule has 1 aromatic carbocycles. The fourth-order valence-corrected chi connectivity index (χ4v) is 4.60. The lowest BCUT2D eigenvalue weighted by atomic mass is 9.92. The monoisotopic (exact) mass is 472 g/mol. The minimum absolute atomic E-state index is 0.179. The molecule has 0 radical (unpaired) electrons. The van der Waals surface area contributed by atoms with Crippen molar-refractivity contribution in [1.82, 2.24) is 9.97 Å². The third-order valence-electron chi connectivity index (χ3n) is 6.49. The van der Waals surface area contributed by atoms with E-state index in [0.717, 1.165) is 48.8 Å². The van der Waals surface area contributed by atoms with Crippen LogP contribution in [0.5, 0.6) is 0 Å². The predicted molar refractivity (Wildman–Crippen MR) is 145 cm³/mol. The van der Waals surface area contributed by atoms with Gasteiger partial charge in [-0.15, -0.1) is 0 Å². The first-order valence-corrected chi connectivity index (χ1v) is 12.8. The number of hydrogen-bond donors (Lipinski definition) is 3. The van der Waals surface area contributed by atoms with E-state index in [4.69, 9.17) is 0 Å². The molecule has 35 heavy (non-hydrogen) atoms. The van der Waals surface area contributed by atoms with Crippen molar-refractivity contribution >= 4 is 28.9 Å². The zero-order valence-electron chi connectivity index (χ0n) is 21.0. The van der Waals surface area contributed by atoms with Gasteiger partial charge < -0.3 is 20.9 Å². The van der Waals surface area contributed by atoms with Crippen LogP contribution in [0.25, 0.3) is 0 Å². The number of benzene rings is 1. The Morgan fingerprint density at radius 3 is 2.74 bits per heavy atom. The molecule has 1 fully saturated rings. The van der Waals surface area contributed by atoms with E-state index in [2.05, 4.69) is 49.9 Å². The molecule has 7 nitrogen and oxygen atoms in total. The molecule has 5 rings (SSSR count). The Labute approximate surface area is 208 Å². The lowest BCUT2D eigenvalue weighted by Gasteiger charge is -2.24. The van der Waals surface area contributed by atoms with E-state index in [1.807, 2.05) is 38.2 Å². The van der Waals surface area contributed by atoms with E-state index in [0.29, 0.717) is 23.8 Å². The van der Waals surface area contributed by atoms with E-state index in [9.17, 15) is 4.79 Å². The summed E-state index contributed by atoms with van der Waals surface area (Å²) in [5, 5.41) is 9.81. The molecule has 1 atom stereocenters. The summed E-state index contributed by atoms with van der Waals surface area (Å²) >= 11 is 0. The van der Waals surface area contributed by atoms with Gasteiger partial charge in [0.15, 0.2) is 0 Å². The SMILES string of the molecule is CC.CC1CCNc2cc(NC(=O)c3cccnc3NCc3ccnc(N4CCCC4)c3)ccc21. The zero-order valence-corrected chi connectivity index (χ0v) is 21.0. The quantitative estimate of drug-likeness (QED) is 0.415. The molecule has 2 aliphatic heterocycles.